The third kappa shape index (κ3) is 9.00. The summed E-state index contributed by atoms with van der Waals surface area (Å²) in [5, 5.41) is 15.1. The molecule has 7 N–H and O–H groups in total. The number of hydrogen-bond donors (Lipinski definition) is 6. The van der Waals surface area contributed by atoms with Crippen molar-refractivity contribution in [3.63, 3.8) is 0 Å². The lowest BCUT2D eigenvalue weighted by molar-refractivity contribution is 0.0942. The molecule has 17 heteroatoms. The molecule has 4 rings (SSSR count). The summed E-state index contributed by atoms with van der Waals surface area (Å²) in [6, 6.07) is 4.68. The van der Waals surface area contributed by atoms with Crippen molar-refractivity contribution in [2.75, 3.05) is 61.5 Å². The summed E-state index contributed by atoms with van der Waals surface area (Å²) in [7, 11) is 9.03. The Bertz CT molecular complexity index is 1750. The Hall–Kier alpha value is -4.64. The molecule has 0 spiro atoms. The second kappa shape index (κ2) is 15.8. The van der Waals surface area contributed by atoms with E-state index in [0.29, 0.717) is 47.4 Å². The molecule has 0 unspecified atom stereocenters. The van der Waals surface area contributed by atoms with Gasteiger partial charge in [0.15, 0.2) is 5.69 Å². The van der Waals surface area contributed by atoms with Crippen molar-refractivity contribution in [2.24, 2.45) is 26.9 Å². The van der Waals surface area contributed by atoms with E-state index in [0.717, 1.165) is 30.9 Å². The van der Waals surface area contributed by atoms with Gasteiger partial charge in [-0.3, -0.25) is 19.2 Å². The molecule has 4 aromatic rings. The quantitative estimate of drug-likeness (QED) is 0.103. The predicted octanol–water partition coefficient (Wildman–Crippen LogP) is 3.01. The van der Waals surface area contributed by atoms with Crippen LogP contribution in [0.2, 0.25) is 5.02 Å². The number of rotatable bonds is 15. The van der Waals surface area contributed by atoms with Gasteiger partial charge in [-0.25, -0.2) is 0 Å². The molecule has 47 heavy (non-hydrogen) atoms. The lowest BCUT2D eigenvalue weighted by Crippen LogP contribution is -2.28. The van der Waals surface area contributed by atoms with Gasteiger partial charge >= 0.3 is 0 Å². The molecule has 4 amide bonds. The number of carbonyl (C=O) groups excluding carboxylic acids is 4. The SMILES string of the molecule is CN(C)CCCNC(=O)c1cc(NC(=O)c2cc(NC(=O)c3cc(NC(=O)c4nsc(NCCCN)c4Cl)cn3C)cn2C)cn1C. The Balaban J connectivity index is 1.35. The van der Waals surface area contributed by atoms with Crippen molar-refractivity contribution >= 4 is 68.8 Å². The van der Waals surface area contributed by atoms with Gasteiger partial charge in [-0.1, -0.05) is 11.6 Å². The highest BCUT2D eigenvalue weighted by atomic mass is 35.5. The lowest BCUT2D eigenvalue weighted by atomic mass is 10.3. The van der Waals surface area contributed by atoms with Crippen LogP contribution in [-0.4, -0.2) is 86.9 Å². The van der Waals surface area contributed by atoms with Crippen LogP contribution in [0.25, 0.3) is 0 Å². The topological polar surface area (TPSA) is 185 Å². The smallest absolute Gasteiger partial charge is 0.277 e. The zero-order chi connectivity index (χ0) is 34.2. The molecule has 0 saturated carbocycles. The number of carbonyl (C=O) groups is 4. The van der Waals surface area contributed by atoms with Gasteiger partial charge in [0.25, 0.3) is 23.6 Å². The number of nitrogens with zero attached hydrogens (tertiary/aromatic N) is 5. The number of anilines is 4. The van der Waals surface area contributed by atoms with E-state index in [4.69, 9.17) is 17.3 Å². The molecule has 0 atom stereocenters. The van der Waals surface area contributed by atoms with E-state index in [1.165, 1.54) is 6.07 Å². The lowest BCUT2D eigenvalue weighted by Gasteiger charge is -2.10. The molecule has 0 aromatic carbocycles. The summed E-state index contributed by atoms with van der Waals surface area (Å²) in [5.74, 6) is -1.61. The summed E-state index contributed by atoms with van der Waals surface area (Å²) in [6.45, 7) is 2.53. The molecule has 0 aliphatic carbocycles. The largest absolute Gasteiger partial charge is 0.374 e. The van der Waals surface area contributed by atoms with E-state index in [2.05, 4.69) is 31.0 Å². The summed E-state index contributed by atoms with van der Waals surface area (Å²) >= 11 is 7.43. The van der Waals surface area contributed by atoms with Crippen LogP contribution >= 0.6 is 23.1 Å². The van der Waals surface area contributed by atoms with Crippen molar-refractivity contribution in [2.45, 2.75) is 12.8 Å². The van der Waals surface area contributed by atoms with Crippen LogP contribution < -0.4 is 32.3 Å². The Morgan fingerprint density at radius 2 is 1.28 bits per heavy atom. The fraction of sp³-hybridized carbons (Fsp3) is 0.367. The molecule has 4 heterocycles. The highest BCUT2D eigenvalue weighted by molar-refractivity contribution is 7.11. The van der Waals surface area contributed by atoms with Gasteiger partial charge in [0.2, 0.25) is 0 Å². The maximum atomic E-state index is 13.2. The molecule has 0 saturated heterocycles. The zero-order valence-electron chi connectivity index (χ0n) is 26.9. The van der Waals surface area contributed by atoms with E-state index < -0.39 is 17.7 Å². The van der Waals surface area contributed by atoms with Crippen LogP contribution in [-0.2, 0) is 21.1 Å². The molecular formula is C30H40ClN11O4S. The normalized spacial score (nSPS) is 11.1. The van der Waals surface area contributed by atoms with Gasteiger partial charge in [0.05, 0.1) is 17.1 Å². The zero-order valence-corrected chi connectivity index (χ0v) is 28.5. The molecular weight excluding hydrogens is 646 g/mol. The first-order chi connectivity index (χ1) is 22.4. The van der Waals surface area contributed by atoms with Crippen LogP contribution in [0, 0.1) is 0 Å². The van der Waals surface area contributed by atoms with Gasteiger partial charge in [0, 0.05) is 52.8 Å². The van der Waals surface area contributed by atoms with E-state index in [-0.39, 0.29) is 28.0 Å². The average molecular weight is 686 g/mol. The van der Waals surface area contributed by atoms with Crippen LogP contribution in [0.5, 0.6) is 0 Å². The molecule has 0 aliphatic rings. The van der Waals surface area contributed by atoms with Crippen LogP contribution in [0.15, 0.2) is 36.8 Å². The molecule has 0 bridgehead atoms. The van der Waals surface area contributed by atoms with E-state index in [9.17, 15) is 19.2 Å². The fourth-order valence-electron chi connectivity index (χ4n) is 4.68. The van der Waals surface area contributed by atoms with Crippen molar-refractivity contribution < 1.29 is 19.2 Å². The first-order valence-corrected chi connectivity index (χ1v) is 16.0. The number of nitrogens with two attached hydrogens (primary N) is 1. The van der Waals surface area contributed by atoms with Gasteiger partial charge in [-0.05, 0) is 69.8 Å². The molecule has 0 radical (unpaired) electrons. The standard InChI is InChI=1S/C30H40ClN11O4S/c1-39(2)11-7-10-33-26(43)21-12-18(15-40(21)3)35-27(44)22-13-19(16-41(22)4)36-28(45)23-14-20(17-42(23)5)37-29(46)25-24(31)30(47-38-25)34-9-6-8-32/h12-17,34H,6-11,32H2,1-5H3,(H,33,43)(H,35,44)(H,36,45)(H,37,46). The van der Waals surface area contributed by atoms with E-state index in [1.54, 1.807) is 65.6 Å². The molecule has 4 aromatic heterocycles. The van der Waals surface area contributed by atoms with Crippen molar-refractivity contribution in [3.05, 3.63) is 64.6 Å². The number of nitrogens with one attached hydrogen (secondary N) is 5. The Kier molecular flexibility index (Phi) is 11.8. The fourth-order valence-corrected chi connectivity index (χ4v) is 5.73. The molecule has 0 aliphatic heterocycles. The minimum atomic E-state index is -0.513. The van der Waals surface area contributed by atoms with Crippen LogP contribution in [0.3, 0.4) is 0 Å². The Morgan fingerprint density at radius 3 is 1.77 bits per heavy atom. The van der Waals surface area contributed by atoms with E-state index >= 15 is 0 Å². The highest BCUT2D eigenvalue weighted by Gasteiger charge is 2.21. The Labute approximate surface area is 281 Å². The summed E-state index contributed by atoms with van der Waals surface area (Å²) in [5.41, 5.74) is 7.78. The summed E-state index contributed by atoms with van der Waals surface area (Å²) in [4.78, 5) is 53.8. The molecule has 252 valence electrons. The minimum Gasteiger partial charge on any atom is -0.374 e. The average Bonchev–Trinajstić information content (AvgIpc) is 3.77. The number of hydrogen-bond acceptors (Lipinski definition) is 9. The molecule has 15 nitrogen and oxygen atoms in total. The maximum absolute atomic E-state index is 13.2. The maximum Gasteiger partial charge on any atom is 0.277 e. The van der Waals surface area contributed by atoms with Crippen molar-refractivity contribution in [3.8, 4) is 0 Å². The van der Waals surface area contributed by atoms with Crippen LogP contribution in [0.1, 0.15) is 54.8 Å². The third-order valence-corrected chi connectivity index (χ3v) is 8.36. The Morgan fingerprint density at radius 1 is 0.787 bits per heavy atom. The van der Waals surface area contributed by atoms with Gasteiger partial charge in [-0.2, -0.15) is 4.37 Å². The van der Waals surface area contributed by atoms with Gasteiger partial charge in [0.1, 0.15) is 27.1 Å². The second-order valence-corrected chi connectivity index (χ2v) is 12.3. The first-order valence-electron chi connectivity index (χ1n) is 14.8. The van der Waals surface area contributed by atoms with Crippen molar-refractivity contribution in [1.82, 2.24) is 28.3 Å². The van der Waals surface area contributed by atoms with Gasteiger partial charge < -0.3 is 50.9 Å². The minimum absolute atomic E-state index is 0.0717. The summed E-state index contributed by atoms with van der Waals surface area (Å²) in [6.07, 6.45) is 6.43. The van der Waals surface area contributed by atoms with E-state index in [1.807, 2.05) is 19.0 Å². The second-order valence-electron chi connectivity index (χ2n) is 11.2. The number of aromatic nitrogens is 4. The molecule has 0 fully saturated rings. The predicted molar refractivity (Wildman–Crippen MR) is 185 cm³/mol. The van der Waals surface area contributed by atoms with Crippen molar-refractivity contribution in [1.29, 1.82) is 0 Å². The summed E-state index contributed by atoms with van der Waals surface area (Å²) < 4.78 is 8.95. The number of halogens is 1. The number of amides is 4. The third-order valence-electron chi connectivity index (χ3n) is 7.07. The monoisotopic (exact) mass is 685 g/mol. The first kappa shape index (κ1) is 35.2. The highest BCUT2D eigenvalue weighted by Crippen LogP contribution is 2.31. The number of aryl methyl sites for hydroxylation is 3. The van der Waals surface area contributed by atoms with Crippen LogP contribution in [0.4, 0.5) is 22.1 Å². The van der Waals surface area contributed by atoms with Gasteiger partial charge in [-0.15, -0.1) is 0 Å².